The second-order valence-corrected chi connectivity index (χ2v) is 1.84. The van der Waals surface area contributed by atoms with Gasteiger partial charge in [-0.3, -0.25) is 4.90 Å². The number of hydrogen-bond acceptors (Lipinski definition) is 1. The molecule has 0 amide bonds. The quantitative estimate of drug-likeness (QED) is 0.449. The molecular formula is C5H9FN. The Labute approximate surface area is 43.1 Å². The maximum atomic E-state index is 11.5. The van der Waals surface area contributed by atoms with Crippen molar-refractivity contribution in [2.45, 2.75) is 12.8 Å². The number of halogens is 1. The molecule has 0 aromatic rings. The van der Waals surface area contributed by atoms with Crippen molar-refractivity contribution < 1.29 is 4.39 Å². The minimum atomic E-state index is 0.674. The van der Waals surface area contributed by atoms with Gasteiger partial charge in [0.05, 0.1) is 0 Å². The summed E-state index contributed by atoms with van der Waals surface area (Å²) in [4.78, 5) is 1.69. The van der Waals surface area contributed by atoms with Crippen molar-refractivity contribution in [3.8, 4) is 0 Å². The summed E-state index contributed by atoms with van der Waals surface area (Å²) in [6.45, 7) is 2.50. The van der Waals surface area contributed by atoms with Gasteiger partial charge < -0.3 is 0 Å². The van der Waals surface area contributed by atoms with E-state index < -0.39 is 0 Å². The van der Waals surface area contributed by atoms with Gasteiger partial charge in [0.1, 0.15) is 0 Å². The molecule has 1 aliphatic rings. The van der Waals surface area contributed by atoms with Crippen LogP contribution in [0.1, 0.15) is 12.8 Å². The SMILES string of the molecule is F[CH]N1CCCC1. The van der Waals surface area contributed by atoms with E-state index in [2.05, 4.69) is 0 Å². The second-order valence-electron chi connectivity index (χ2n) is 1.84. The van der Waals surface area contributed by atoms with Gasteiger partial charge in [-0.25, -0.2) is 4.39 Å². The van der Waals surface area contributed by atoms with Gasteiger partial charge in [-0.05, 0) is 12.8 Å². The van der Waals surface area contributed by atoms with Crippen molar-refractivity contribution in [2.24, 2.45) is 0 Å². The number of rotatable bonds is 1. The maximum Gasteiger partial charge on any atom is 0.198 e. The van der Waals surface area contributed by atoms with Crippen LogP contribution in [0.25, 0.3) is 0 Å². The van der Waals surface area contributed by atoms with Crippen LogP contribution in [0.5, 0.6) is 0 Å². The van der Waals surface area contributed by atoms with Crippen molar-refractivity contribution in [1.82, 2.24) is 4.90 Å². The summed E-state index contributed by atoms with van der Waals surface area (Å²) in [5.74, 6) is 0. The lowest BCUT2D eigenvalue weighted by atomic mass is 10.4. The van der Waals surface area contributed by atoms with E-state index >= 15 is 0 Å². The first-order chi connectivity index (χ1) is 3.43. The average Bonchev–Trinajstić information content (AvgIpc) is 2.14. The molecule has 0 aromatic carbocycles. The van der Waals surface area contributed by atoms with Crippen LogP contribution >= 0.6 is 0 Å². The van der Waals surface area contributed by atoms with Crippen molar-refractivity contribution in [3.05, 3.63) is 6.80 Å². The third-order valence-electron chi connectivity index (χ3n) is 1.28. The zero-order valence-electron chi connectivity index (χ0n) is 4.23. The molecule has 1 fully saturated rings. The van der Waals surface area contributed by atoms with Gasteiger partial charge in [-0.2, -0.15) is 0 Å². The Morgan fingerprint density at radius 1 is 1.29 bits per heavy atom. The highest BCUT2D eigenvalue weighted by molar-refractivity contribution is 4.66. The molecule has 0 spiro atoms. The van der Waals surface area contributed by atoms with Crippen molar-refractivity contribution in [2.75, 3.05) is 13.1 Å². The van der Waals surface area contributed by atoms with Crippen LogP contribution in [0.4, 0.5) is 4.39 Å². The average molecular weight is 102 g/mol. The van der Waals surface area contributed by atoms with Gasteiger partial charge in [0.15, 0.2) is 6.80 Å². The Hall–Kier alpha value is -0.110. The van der Waals surface area contributed by atoms with Crippen molar-refractivity contribution in [3.63, 3.8) is 0 Å². The lowest BCUT2D eigenvalue weighted by Crippen LogP contribution is -2.12. The number of likely N-dealkylation sites (tertiary alicyclic amines) is 1. The van der Waals surface area contributed by atoms with E-state index in [0.717, 1.165) is 25.9 Å². The van der Waals surface area contributed by atoms with Gasteiger partial charge >= 0.3 is 0 Å². The first-order valence-electron chi connectivity index (χ1n) is 2.61. The zero-order chi connectivity index (χ0) is 5.11. The van der Waals surface area contributed by atoms with Crippen LogP contribution in [-0.4, -0.2) is 18.0 Å². The molecule has 1 rings (SSSR count). The Morgan fingerprint density at radius 3 is 2.14 bits per heavy atom. The maximum absolute atomic E-state index is 11.5. The summed E-state index contributed by atoms with van der Waals surface area (Å²) in [5, 5.41) is 0. The monoisotopic (exact) mass is 102 g/mol. The molecule has 1 heterocycles. The highest BCUT2D eigenvalue weighted by Crippen LogP contribution is 2.08. The predicted octanol–water partition coefficient (Wildman–Crippen LogP) is 1.17. The van der Waals surface area contributed by atoms with Gasteiger partial charge in [-0.15, -0.1) is 0 Å². The summed E-state index contributed by atoms with van der Waals surface area (Å²) < 4.78 is 11.5. The molecule has 1 radical (unpaired) electrons. The van der Waals surface area contributed by atoms with Crippen LogP contribution in [0.15, 0.2) is 0 Å². The largest absolute Gasteiger partial charge is 0.270 e. The van der Waals surface area contributed by atoms with E-state index in [-0.39, 0.29) is 0 Å². The molecule has 7 heavy (non-hydrogen) atoms. The molecule has 0 aliphatic carbocycles. The van der Waals surface area contributed by atoms with Crippen LogP contribution in [0, 0.1) is 6.80 Å². The standard InChI is InChI=1S/C5H9FN/c6-5-7-3-1-2-4-7/h5H,1-4H2. The molecule has 1 aliphatic heterocycles. The Morgan fingerprint density at radius 2 is 1.86 bits per heavy atom. The molecule has 0 saturated carbocycles. The van der Waals surface area contributed by atoms with Crippen LogP contribution in [-0.2, 0) is 0 Å². The second kappa shape index (κ2) is 2.26. The molecule has 0 bridgehead atoms. The smallest absolute Gasteiger partial charge is 0.198 e. The van der Waals surface area contributed by atoms with E-state index in [4.69, 9.17) is 0 Å². The summed E-state index contributed by atoms with van der Waals surface area (Å²) in [5.41, 5.74) is 0. The molecule has 1 nitrogen and oxygen atoms in total. The molecule has 0 atom stereocenters. The van der Waals surface area contributed by atoms with Crippen LogP contribution in [0.3, 0.4) is 0 Å². The first kappa shape index (κ1) is 5.04. The van der Waals surface area contributed by atoms with Gasteiger partial charge in [0.25, 0.3) is 0 Å². The number of hydrogen-bond donors (Lipinski definition) is 0. The topological polar surface area (TPSA) is 3.24 Å². The fourth-order valence-electron chi connectivity index (χ4n) is 0.839. The van der Waals surface area contributed by atoms with Crippen molar-refractivity contribution in [1.29, 1.82) is 0 Å². The van der Waals surface area contributed by atoms with Gasteiger partial charge in [0.2, 0.25) is 0 Å². The van der Waals surface area contributed by atoms with E-state index in [1.165, 1.54) is 0 Å². The normalized spacial score (nSPS) is 23.6. The minimum Gasteiger partial charge on any atom is -0.270 e. The molecule has 41 valence electrons. The van der Waals surface area contributed by atoms with E-state index in [0.29, 0.717) is 6.80 Å². The summed E-state index contributed by atoms with van der Waals surface area (Å²) >= 11 is 0. The lowest BCUT2D eigenvalue weighted by molar-refractivity contribution is 0.309. The van der Waals surface area contributed by atoms with Crippen molar-refractivity contribution >= 4 is 0 Å². The predicted molar refractivity (Wildman–Crippen MR) is 26.2 cm³/mol. The van der Waals surface area contributed by atoms with E-state index in [1.54, 1.807) is 4.90 Å². The molecule has 0 aromatic heterocycles. The fraction of sp³-hybridized carbons (Fsp3) is 0.800. The van der Waals surface area contributed by atoms with E-state index in [1.807, 2.05) is 0 Å². The Balaban J connectivity index is 2.14. The molecule has 0 unspecified atom stereocenters. The Bertz CT molecular complexity index is 50.0. The molecule has 0 N–H and O–H groups in total. The molecule has 1 saturated heterocycles. The third kappa shape index (κ3) is 1.13. The highest BCUT2D eigenvalue weighted by atomic mass is 19.1. The van der Waals surface area contributed by atoms with Gasteiger partial charge in [-0.1, -0.05) is 0 Å². The summed E-state index contributed by atoms with van der Waals surface area (Å²) in [6, 6.07) is 0. The van der Waals surface area contributed by atoms with Crippen LogP contribution in [0.2, 0.25) is 0 Å². The summed E-state index contributed by atoms with van der Waals surface area (Å²) in [6.07, 6.45) is 2.31. The lowest BCUT2D eigenvalue weighted by Gasteiger charge is -2.04. The number of nitrogens with zero attached hydrogens (tertiary/aromatic N) is 1. The fourth-order valence-corrected chi connectivity index (χ4v) is 0.839. The third-order valence-corrected chi connectivity index (χ3v) is 1.28. The summed E-state index contributed by atoms with van der Waals surface area (Å²) in [7, 11) is 0. The molecule has 2 heteroatoms. The first-order valence-corrected chi connectivity index (χ1v) is 2.61. The van der Waals surface area contributed by atoms with Crippen LogP contribution < -0.4 is 0 Å². The zero-order valence-corrected chi connectivity index (χ0v) is 4.23. The van der Waals surface area contributed by atoms with E-state index in [9.17, 15) is 4.39 Å². The van der Waals surface area contributed by atoms with Gasteiger partial charge in [0, 0.05) is 13.1 Å². The Kier molecular flexibility index (Phi) is 1.63. The highest BCUT2D eigenvalue weighted by Gasteiger charge is 2.09. The minimum absolute atomic E-state index is 0.674. The molecular weight excluding hydrogens is 93.1 g/mol.